The fraction of sp³-hybridized carbons (Fsp3) is 0.167. The lowest BCUT2D eigenvalue weighted by Gasteiger charge is -2.57. The van der Waals surface area contributed by atoms with Gasteiger partial charge >= 0.3 is 0 Å². The summed E-state index contributed by atoms with van der Waals surface area (Å²) in [5, 5.41) is 0. The number of carbonyl (C=O) groups is 1. The highest BCUT2D eigenvalue weighted by molar-refractivity contribution is 6.00. The molecule has 0 N–H and O–H groups in total. The van der Waals surface area contributed by atoms with Gasteiger partial charge in [-0.25, -0.2) is 0 Å². The molecular formula is C30H27NO3. The van der Waals surface area contributed by atoms with Crippen molar-refractivity contribution in [2.24, 2.45) is 0 Å². The molecule has 0 bridgehead atoms. The lowest BCUT2D eigenvalue weighted by Crippen LogP contribution is -2.66. The Hall–Kier alpha value is -4.05. The fourth-order valence-corrected chi connectivity index (χ4v) is 5.07. The Labute approximate surface area is 200 Å². The van der Waals surface area contributed by atoms with Gasteiger partial charge in [-0.05, 0) is 46.5 Å². The Balaban J connectivity index is 1.69. The summed E-state index contributed by atoms with van der Waals surface area (Å²) in [6, 6.07) is 36.0. The number of β-lactam (4-membered cyclic amide) rings is 1. The van der Waals surface area contributed by atoms with Gasteiger partial charge in [0.15, 0.2) is 0 Å². The molecule has 1 aliphatic heterocycles. The van der Waals surface area contributed by atoms with Crippen molar-refractivity contribution in [1.82, 2.24) is 4.90 Å². The standard InChI is InChI=1S/C30H27NO3/c1-33-26-17-13-24(14-18-26)30(25-15-19-27(34-2)20-16-25)28(23-11-7-4-8-12-23)31(29(30)32)21-22-9-5-3-6-10-22/h3-20,28H,21H2,1-2H3/t28-/m0/s1. The first-order valence-corrected chi connectivity index (χ1v) is 11.4. The fourth-order valence-electron chi connectivity index (χ4n) is 5.07. The van der Waals surface area contributed by atoms with Crippen LogP contribution in [0.2, 0.25) is 0 Å². The summed E-state index contributed by atoms with van der Waals surface area (Å²) >= 11 is 0. The third kappa shape index (κ3) is 3.52. The monoisotopic (exact) mass is 449 g/mol. The van der Waals surface area contributed by atoms with E-state index in [1.54, 1.807) is 14.2 Å². The average molecular weight is 450 g/mol. The van der Waals surface area contributed by atoms with E-state index in [0.29, 0.717) is 6.54 Å². The zero-order valence-corrected chi connectivity index (χ0v) is 19.3. The number of amides is 1. The van der Waals surface area contributed by atoms with Gasteiger partial charge < -0.3 is 14.4 Å². The molecule has 0 radical (unpaired) electrons. The molecule has 170 valence electrons. The van der Waals surface area contributed by atoms with E-state index in [-0.39, 0.29) is 11.9 Å². The Morgan fingerprint density at radius 3 is 1.62 bits per heavy atom. The first kappa shape index (κ1) is 21.8. The minimum Gasteiger partial charge on any atom is -0.497 e. The van der Waals surface area contributed by atoms with Crippen LogP contribution in [0, 0.1) is 0 Å². The van der Waals surface area contributed by atoms with Gasteiger partial charge in [-0.3, -0.25) is 4.79 Å². The van der Waals surface area contributed by atoms with Crippen LogP contribution < -0.4 is 9.47 Å². The van der Waals surface area contributed by atoms with Crippen molar-refractivity contribution in [1.29, 1.82) is 0 Å². The van der Waals surface area contributed by atoms with Crippen molar-refractivity contribution in [3.63, 3.8) is 0 Å². The molecule has 0 saturated carbocycles. The summed E-state index contributed by atoms with van der Waals surface area (Å²) in [6.45, 7) is 0.549. The van der Waals surface area contributed by atoms with E-state index in [4.69, 9.17) is 9.47 Å². The Morgan fingerprint density at radius 2 is 1.15 bits per heavy atom. The minimum atomic E-state index is -0.853. The summed E-state index contributed by atoms with van der Waals surface area (Å²) in [4.78, 5) is 16.2. The highest BCUT2D eigenvalue weighted by Gasteiger charge is 2.62. The molecule has 1 amide bonds. The largest absolute Gasteiger partial charge is 0.497 e. The van der Waals surface area contributed by atoms with Gasteiger partial charge in [-0.2, -0.15) is 0 Å². The number of nitrogens with zero attached hydrogens (tertiary/aromatic N) is 1. The quantitative estimate of drug-likeness (QED) is 0.336. The molecule has 1 fully saturated rings. The van der Waals surface area contributed by atoms with Gasteiger partial charge in [0.05, 0.1) is 20.3 Å². The van der Waals surface area contributed by atoms with Crippen LogP contribution in [0.25, 0.3) is 0 Å². The summed E-state index contributed by atoms with van der Waals surface area (Å²) in [5.74, 6) is 1.61. The summed E-state index contributed by atoms with van der Waals surface area (Å²) in [6.07, 6.45) is 0. The molecule has 1 heterocycles. The molecule has 34 heavy (non-hydrogen) atoms. The van der Waals surface area contributed by atoms with Gasteiger partial charge in [-0.15, -0.1) is 0 Å². The third-order valence-corrected chi connectivity index (χ3v) is 6.72. The van der Waals surface area contributed by atoms with E-state index in [0.717, 1.165) is 33.8 Å². The number of ether oxygens (including phenoxy) is 2. The third-order valence-electron chi connectivity index (χ3n) is 6.72. The van der Waals surface area contributed by atoms with Gasteiger partial charge in [-0.1, -0.05) is 84.9 Å². The highest BCUT2D eigenvalue weighted by atomic mass is 16.5. The van der Waals surface area contributed by atoms with Crippen molar-refractivity contribution in [3.05, 3.63) is 131 Å². The second-order valence-corrected chi connectivity index (χ2v) is 8.50. The minimum absolute atomic E-state index is 0.0838. The van der Waals surface area contributed by atoms with Crippen molar-refractivity contribution < 1.29 is 14.3 Å². The topological polar surface area (TPSA) is 38.8 Å². The SMILES string of the molecule is COc1ccc(C2(c3ccc(OC)cc3)C(=O)N(Cc3ccccc3)[C@H]2c2ccccc2)cc1. The molecule has 5 rings (SSSR count). The van der Waals surface area contributed by atoms with Crippen LogP contribution in [0.15, 0.2) is 109 Å². The van der Waals surface area contributed by atoms with Crippen molar-refractivity contribution >= 4 is 5.91 Å². The van der Waals surface area contributed by atoms with Gasteiger partial charge in [0.2, 0.25) is 5.91 Å². The summed E-state index contributed by atoms with van der Waals surface area (Å²) in [7, 11) is 3.30. The number of methoxy groups -OCH3 is 2. The molecule has 0 spiro atoms. The highest BCUT2D eigenvalue weighted by Crippen LogP contribution is 2.56. The first-order valence-electron chi connectivity index (χ1n) is 11.4. The molecule has 4 aromatic carbocycles. The summed E-state index contributed by atoms with van der Waals surface area (Å²) in [5.41, 5.74) is 3.25. The van der Waals surface area contributed by atoms with Crippen LogP contribution in [-0.2, 0) is 16.8 Å². The molecule has 0 unspecified atom stereocenters. The molecular weight excluding hydrogens is 422 g/mol. The predicted molar refractivity (Wildman–Crippen MR) is 133 cm³/mol. The van der Waals surface area contributed by atoms with E-state index >= 15 is 0 Å². The van der Waals surface area contributed by atoms with E-state index in [9.17, 15) is 4.79 Å². The number of hydrogen-bond donors (Lipinski definition) is 0. The number of benzene rings is 4. The molecule has 4 nitrogen and oxygen atoms in total. The average Bonchev–Trinajstić information content (AvgIpc) is 2.91. The van der Waals surface area contributed by atoms with Crippen molar-refractivity contribution in [2.45, 2.75) is 18.0 Å². The van der Waals surface area contributed by atoms with Crippen LogP contribution in [0.5, 0.6) is 11.5 Å². The van der Waals surface area contributed by atoms with Crippen LogP contribution >= 0.6 is 0 Å². The molecule has 4 aromatic rings. The van der Waals surface area contributed by atoms with Crippen molar-refractivity contribution in [3.8, 4) is 11.5 Å². The first-order chi connectivity index (χ1) is 16.7. The molecule has 1 atom stereocenters. The van der Waals surface area contributed by atoms with E-state index in [1.165, 1.54) is 0 Å². The molecule has 4 heteroatoms. The van der Waals surface area contributed by atoms with Crippen LogP contribution in [0.3, 0.4) is 0 Å². The molecule has 1 saturated heterocycles. The zero-order chi connectivity index (χ0) is 23.5. The lowest BCUT2D eigenvalue weighted by atomic mass is 9.59. The zero-order valence-electron chi connectivity index (χ0n) is 19.3. The van der Waals surface area contributed by atoms with Gasteiger partial charge in [0.1, 0.15) is 16.9 Å². The Kier molecular flexibility index (Phi) is 5.81. The van der Waals surface area contributed by atoms with Crippen LogP contribution in [0.4, 0.5) is 0 Å². The number of hydrogen-bond acceptors (Lipinski definition) is 3. The Morgan fingerprint density at radius 1 is 0.676 bits per heavy atom. The number of rotatable bonds is 7. The second kappa shape index (κ2) is 9.06. The van der Waals surface area contributed by atoms with Crippen molar-refractivity contribution in [2.75, 3.05) is 14.2 Å². The maximum Gasteiger partial charge on any atom is 0.241 e. The molecule has 1 aliphatic rings. The van der Waals surface area contributed by atoms with E-state index < -0.39 is 5.41 Å². The number of likely N-dealkylation sites (tertiary alicyclic amines) is 1. The van der Waals surface area contributed by atoms with Gasteiger partial charge in [0.25, 0.3) is 0 Å². The smallest absolute Gasteiger partial charge is 0.241 e. The maximum atomic E-state index is 14.2. The number of carbonyl (C=O) groups excluding carboxylic acids is 1. The normalized spacial score (nSPS) is 16.6. The summed E-state index contributed by atoms with van der Waals surface area (Å²) < 4.78 is 10.8. The van der Waals surface area contributed by atoms with E-state index in [1.807, 2.05) is 89.8 Å². The second-order valence-electron chi connectivity index (χ2n) is 8.50. The van der Waals surface area contributed by atoms with Crippen LogP contribution in [-0.4, -0.2) is 25.0 Å². The molecule has 0 aliphatic carbocycles. The van der Waals surface area contributed by atoms with Crippen LogP contribution in [0.1, 0.15) is 28.3 Å². The maximum absolute atomic E-state index is 14.2. The molecule has 0 aromatic heterocycles. The Bertz CT molecular complexity index is 1200. The lowest BCUT2D eigenvalue weighted by molar-refractivity contribution is -0.159. The van der Waals surface area contributed by atoms with E-state index in [2.05, 4.69) is 24.3 Å². The predicted octanol–water partition coefficient (Wildman–Crippen LogP) is 5.77. The van der Waals surface area contributed by atoms with Gasteiger partial charge in [0, 0.05) is 6.54 Å².